The standard InChI is InChI=1S/C19H18N4O2S2/c1-25-14-7-5-6-13(12-14)22-17(24)15-8-3-4-9-16(15)23-18(22)20-21-19(23)27-11-10-26-2/h3-9,12H,10-11H2,1-2H3. The van der Waals surface area contributed by atoms with Gasteiger partial charge in [0.25, 0.3) is 5.56 Å². The molecule has 2 aromatic heterocycles. The number of thioether (sulfide) groups is 2. The molecule has 0 amide bonds. The zero-order chi connectivity index (χ0) is 18.8. The highest BCUT2D eigenvalue weighted by molar-refractivity contribution is 8.02. The fourth-order valence-corrected chi connectivity index (χ4v) is 4.56. The van der Waals surface area contributed by atoms with Crippen LogP contribution < -0.4 is 10.3 Å². The second kappa shape index (κ2) is 7.66. The third kappa shape index (κ3) is 3.19. The van der Waals surface area contributed by atoms with E-state index in [4.69, 9.17) is 4.74 Å². The summed E-state index contributed by atoms with van der Waals surface area (Å²) in [6, 6.07) is 15.0. The number of ether oxygens (including phenoxy) is 1. The molecule has 2 aromatic carbocycles. The zero-order valence-electron chi connectivity index (χ0n) is 15.0. The first kappa shape index (κ1) is 17.9. The van der Waals surface area contributed by atoms with Crippen LogP contribution in [-0.2, 0) is 0 Å². The van der Waals surface area contributed by atoms with Crippen LogP contribution in [0.2, 0.25) is 0 Å². The first-order chi connectivity index (χ1) is 13.2. The minimum atomic E-state index is -0.126. The molecule has 0 aliphatic heterocycles. The van der Waals surface area contributed by atoms with E-state index in [2.05, 4.69) is 16.5 Å². The van der Waals surface area contributed by atoms with Gasteiger partial charge < -0.3 is 4.74 Å². The van der Waals surface area contributed by atoms with Gasteiger partial charge in [-0.3, -0.25) is 9.20 Å². The number of fused-ring (bicyclic) bond motifs is 3. The molecule has 0 aliphatic rings. The highest BCUT2D eigenvalue weighted by atomic mass is 32.2. The van der Waals surface area contributed by atoms with Gasteiger partial charge in [-0.2, -0.15) is 11.8 Å². The van der Waals surface area contributed by atoms with Crippen LogP contribution in [0, 0.1) is 0 Å². The van der Waals surface area contributed by atoms with Crippen molar-refractivity contribution >= 4 is 40.2 Å². The maximum atomic E-state index is 13.2. The Morgan fingerprint density at radius 1 is 1.07 bits per heavy atom. The molecule has 0 N–H and O–H groups in total. The minimum Gasteiger partial charge on any atom is -0.497 e. The molecule has 0 unspecified atom stereocenters. The first-order valence-electron chi connectivity index (χ1n) is 8.39. The van der Waals surface area contributed by atoms with Gasteiger partial charge in [0.2, 0.25) is 5.78 Å². The molecule has 8 heteroatoms. The summed E-state index contributed by atoms with van der Waals surface area (Å²) >= 11 is 3.43. The Morgan fingerprint density at radius 3 is 2.74 bits per heavy atom. The van der Waals surface area contributed by atoms with E-state index in [-0.39, 0.29) is 5.56 Å². The number of hydrogen-bond donors (Lipinski definition) is 0. The summed E-state index contributed by atoms with van der Waals surface area (Å²) in [5.74, 6) is 3.13. The van der Waals surface area contributed by atoms with Gasteiger partial charge in [0, 0.05) is 17.6 Å². The van der Waals surface area contributed by atoms with Gasteiger partial charge in [-0.05, 0) is 30.5 Å². The Hall–Kier alpha value is -2.45. The fourth-order valence-electron chi connectivity index (χ4n) is 2.97. The third-order valence-corrected chi connectivity index (χ3v) is 6.03. The predicted octanol–water partition coefficient (Wildman–Crippen LogP) is 3.50. The van der Waals surface area contributed by atoms with Crippen molar-refractivity contribution in [3.05, 3.63) is 58.9 Å². The van der Waals surface area contributed by atoms with Crippen LogP contribution in [0.5, 0.6) is 5.75 Å². The van der Waals surface area contributed by atoms with E-state index in [1.54, 1.807) is 35.2 Å². The van der Waals surface area contributed by atoms with Crippen molar-refractivity contribution in [2.24, 2.45) is 0 Å². The SMILES string of the molecule is COc1cccc(-n2c(=O)c3ccccc3n3c(SCCSC)nnc23)c1. The zero-order valence-corrected chi connectivity index (χ0v) is 16.6. The van der Waals surface area contributed by atoms with Crippen LogP contribution >= 0.6 is 23.5 Å². The molecule has 0 fully saturated rings. The molecule has 27 heavy (non-hydrogen) atoms. The van der Waals surface area contributed by atoms with Crippen LogP contribution in [0.15, 0.2) is 58.5 Å². The topological polar surface area (TPSA) is 61.4 Å². The van der Waals surface area contributed by atoms with E-state index < -0.39 is 0 Å². The lowest BCUT2D eigenvalue weighted by molar-refractivity contribution is 0.414. The predicted molar refractivity (Wildman–Crippen MR) is 112 cm³/mol. The van der Waals surface area contributed by atoms with Gasteiger partial charge in [0.1, 0.15) is 5.75 Å². The van der Waals surface area contributed by atoms with Gasteiger partial charge >= 0.3 is 0 Å². The van der Waals surface area contributed by atoms with Gasteiger partial charge in [-0.1, -0.05) is 30.0 Å². The summed E-state index contributed by atoms with van der Waals surface area (Å²) in [5.41, 5.74) is 1.39. The normalized spacial score (nSPS) is 11.3. The maximum absolute atomic E-state index is 13.2. The summed E-state index contributed by atoms with van der Waals surface area (Å²) in [5, 5.41) is 10.1. The van der Waals surface area contributed by atoms with Crippen molar-refractivity contribution in [2.75, 3.05) is 24.9 Å². The van der Waals surface area contributed by atoms with E-state index in [1.165, 1.54) is 0 Å². The highest BCUT2D eigenvalue weighted by Crippen LogP contribution is 2.24. The number of para-hydroxylation sites is 1. The average Bonchev–Trinajstić information content (AvgIpc) is 3.12. The van der Waals surface area contributed by atoms with Crippen molar-refractivity contribution in [1.82, 2.24) is 19.2 Å². The lowest BCUT2D eigenvalue weighted by atomic mass is 10.2. The molecule has 4 aromatic rings. The molecular formula is C19H18N4O2S2. The number of rotatable bonds is 6. The molecule has 0 aliphatic carbocycles. The Labute approximate surface area is 164 Å². The first-order valence-corrected chi connectivity index (χ1v) is 10.8. The molecule has 0 bridgehead atoms. The van der Waals surface area contributed by atoms with Crippen LogP contribution in [0.1, 0.15) is 0 Å². The Balaban J connectivity index is 2.03. The molecule has 0 radical (unpaired) electrons. The van der Waals surface area contributed by atoms with Gasteiger partial charge in [0.05, 0.1) is 23.7 Å². The summed E-state index contributed by atoms with van der Waals surface area (Å²) in [7, 11) is 1.61. The molecule has 0 spiro atoms. The van der Waals surface area contributed by atoms with E-state index in [0.29, 0.717) is 22.6 Å². The van der Waals surface area contributed by atoms with Crippen molar-refractivity contribution in [3.8, 4) is 11.4 Å². The number of nitrogens with zero attached hydrogens (tertiary/aromatic N) is 4. The fraction of sp³-hybridized carbons (Fsp3) is 0.211. The number of methoxy groups -OCH3 is 1. The van der Waals surface area contributed by atoms with Crippen molar-refractivity contribution in [3.63, 3.8) is 0 Å². The highest BCUT2D eigenvalue weighted by Gasteiger charge is 2.18. The van der Waals surface area contributed by atoms with E-state index in [0.717, 1.165) is 22.2 Å². The monoisotopic (exact) mass is 398 g/mol. The van der Waals surface area contributed by atoms with Crippen molar-refractivity contribution < 1.29 is 4.74 Å². The molecule has 4 rings (SSSR count). The van der Waals surface area contributed by atoms with Gasteiger partial charge in [0.15, 0.2) is 5.16 Å². The second-order valence-corrected chi connectivity index (χ2v) is 7.87. The molecule has 0 atom stereocenters. The summed E-state index contributed by atoms with van der Waals surface area (Å²) < 4.78 is 8.88. The Bertz CT molecular complexity index is 1170. The van der Waals surface area contributed by atoms with Crippen molar-refractivity contribution in [2.45, 2.75) is 5.16 Å². The van der Waals surface area contributed by atoms with E-state index in [9.17, 15) is 4.79 Å². The maximum Gasteiger partial charge on any atom is 0.267 e. The Kier molecular flexibility index (Phi) is 5.09. The van der Waals surface area contributed by atoms with Gasteiger partial charge in [-0.15, -0.1) is 10.2 Å². The molecule has 0 saturated heterocycles. The molecule has 138 valence electrons. The number of benzene rings is 2. The molecule has 6 nitrogen and oxygen atoms in total. The lowest BCUT2D eigenvalue weighted by Crippen LogP contribution is -2.21. The number of hydrogen-bond acceptors (Lipinski definition) is 6. The van der Waals surface area contributed by atoms with Crippen LogP contribution in [0.25, 0.3) is 22.4 Å². The average molecular weight is 399 g/mol. The number of aromatic nitrogens is 4. The molecule has 2 heterocycles. The quantitative estimate of drug-likeness (QED) is 0.366. The Morgan fingerprint density at radius 2 is 1.93 bits per heavy atom. The smallest absolute Gasteiger partial charge is 0.267 e. The molecule has 0 saturated carbocycles. The molecular weight excluding hydrogens is 380 g/mol. The summed E-state index contributed by atoms with van der Waals surface area (Å²) in [6.45, 7) is 0. The second-order valence-electron chi connectivity index (χ2n) is 5.82. The summed E-state index contributed by atoms with van der Waals surface area (Å²) in [4.78, 5) is 13.2. The summed E-state index contributed by atoms with van der Waals surface area (Å²) in [6.07, 6.45) is 2.08. The van der Waals surface area contributed by atoms with E-state index in [1.807, 2.05) is 52.9 Å². The van der Waals surface area contributed by atoms with Gasteiger partial charge in [-0.25, -0.2) is 4.57 Å². The van der Waals surface area contributed by atoms with Crippen molar-refractivity contribution in [1.29, 1.82) is 0 Å². The van der Waals surface area contributed by atoms with Crippen LogP contribution in [0.4, 0.5) is 0 Å². The van der Waals surface area contributed by atoms with Crippen LogP contribution in [0.3, 0.4) is 0 Å². The minimum absolute atomic E-state index is 0.126. The van der Waals surface area contributed by atoms with Crippen LogP contribution in [-0.4, -0.2) is 44.0 Å². The third-order valence-electron chi connectivity index (χ3n) is 4.22. The lowest BCUT2D eigenvalue weighted by Gasteiger charge is -2.12. The largest absolute Gasteiger partial charge is 0.497 e. The van der Waals surface area contributed by atoms with E-state index >= 15 is 0 Å².